The topological polar surface area (TPSA) is 110 Å². The predicted octanol–water partition coefficient (Wildman–Crippen LogP) is 7.91. The first-order valence-electron chi connectivity index (χ1n) is 15.7. The van der Waals surface area contributed by atoms with Gasteiger partial charge >= 0.3 is 12.1 Å². The minimum Gasteiger partial charge on any atom is -0.459 e. The molecule has 2 amide bonds. The lowest BCUT2D eigenvalue weighted by Gasteiger charge is -2.27. The molecule has 4 rings (SSSR count). The van der Waals surface area contributed by atoms with Crippen molar-refractivity contribution in [2.45, 2.75) is 64.6 Å². The molecule has 0 radical (unpaired) electrons. The average molecular weight is 730 g/mol. The molecule has 0 N–H and O–H groups in total. The summed E-state index contributed by atoms with van der Waals surface area (Å²) < 4.78 is 14.7. The van der Waals surface area contributed by atoms with E-state index in [1.807, 2.05) is 67.0 Å². The van der Waals surface area contributed by atoms with Gasteiger partial charge in [0.1, 0.15) is 23.4 Å². The fourth-order valence-electron chi connectivity index (χ4n) is 4.68. The van der Waals surface area contributed by atoms with Crippen molar-refractivity contribution in [2.24, 2.45) is 0 Å². The predicted molar refractivity (Wildman–Crippen MR) is 195 cm³/mol. The van der Waals surface area contributed by atoms with Crippen molar-refractivity contribution in [1.82, 2.24) is 24.3 Å². The first kappa shape index (κ1) is 37.8. The summed E-state index contributed by atoms with van der Waals surface area (Å²) in [4.78, 5) is 51.3. The number of likely N-dealkylation sites (N-methyl/N-ethyl adjacent to an activating group) is 2. The number of esters is 1. The van der Waals surface area contributed by atoms with Gasteiger partial charge in [0.25, 0.3) is 5.91 Å². The Hall–Kier alpha value is -4.00. The lowest BCUT2D eigenvalue weighted by molar-refractivity contribution is -0.152. The molecule has 0 aliphatic heterocycles. The number of fused-ring (bicyclic) bond motifs is 1. The lowest BCUT2D eigenvalue weighted by atomic mass is 10.2. The molecule has 14 heteroatoms. The third-order valence-electron chi connectivity index (χ3n) is 6.89. The maximum absolute atomic E-state index is 13.2. The van der Waals surface area contributed by atoms with E-state index in [1.54, 1.807) is 57.1 Å². The van der Waals surface area contributed by atoms with E-state index >= 15 is 0 Å². The van der Waals surface area contributed by atoms with E-state index in [9.17, 15) is 14.4 Å². The second-order valence-electron chi connectivity index (χ2n) is 13.3. The van der Waals surface area contributed by atoms with Gasteiger partial charge in [-0.2, -0.15) is 0 Å². The number of carbonyl (C=O) groups is 3. The number of amides is 2. The minimum absolute atomic E-state index is 0.0225. The summed E-state index contributed by atoms with van der Waals surface area (Å²) in [5, 5.41) is 1.87. The number of anilines is 1. The Balaban J connectivity index is 1.52. The molecule has 2 aromatic carbocycles. The van der Waals surface area contributed by atoms with Gasteiger partial charge in [0.15, 0.2) is 5.82 Å². The van der Waals surface area contributed by atoms with Crippen molar-refractivity contribution in [1.29, 1.82) is 0 Å². The van der Waals surface area contributed by atoms with E-state index in [0.29, 0.717) is 35.5 Å². The van der Waals surface area contributed by atoms with Crippen LogP contribution in [0.3, 0.4) is 0 Å². The van der Waals surface area contributed by atoms with Crippen LogP contribution < -0.4 is 4.31 Å². The fourth-order valence-corrected chi connectivity index (χ4v) is 6.34. The molecule has 0 aliphatic rings. The van der Waals surface area contributed by atoms with E-state index < -0.39 is 17.3 Å². The number of hydrogen-bond donors (Lipinski definition) is 0. The Morgan fingerprint density at radius 1 is 0.878 bits per heavy atom. The van der Waals surface area contributed by atoms with Gasteiger partial charge < -0.3 is 23.6 Å². The van der Waals surface area contributed by atoms with Crippen LogP contribution in [0.5, 0.6) is 0 Å². The molecule has 11 nitrogen and oxygen atoms in total. The van der Waals surface area contributed by atoms with E-state index in [4.69, 9.17) is 32.7 Å². The Kier molecular flexibility index (Phi) is 12.1. The quantitative estimate of drug-likeness (QED) is 0.112. The van der Waals surface area contributed by atoms with Crippen LogP contribution in [0.15, 0.2) is 66.0 Å². The highest BCUT2D eigenvalue weighted by Gasteiger charge is 2.23. The second-order valence-corrected chi connectivity index (χ2v) is 15.3. The molecule has 0 spiro atoms. The van der Waals surface area contributed by atoms with Crippen LogP contribution in [0.25, 0.3) is 16.7 Å². The Morgan fingerprint density at radius 3 is 2.14 bits per heavy atom. The first-order valence-corrected chi connectivity index (χ1v) is 17.3. The van der Waals surface area contributed by atoms with Crippen LogP contribution >= 0.6 is 35.1 Å². The molecule has 262 valence electrons. The SMILES string of the molecule is CCN(CCN(C)C(=O)OC(C)(C)C)C(=O)c1cnc(-n2ccc3cc(N(CC(=O)OC(C)(C)C)Sc4cc(Cl)cc(Cl)c4)ccc32)cn1. The summed E-state index contributed by atoms with van der Waals surface area (Å²) in [6.45, 7) is 13.8. The Bertz CT molecular complexity index is 1780. The van der Waals surface area contributed by atoms with Crippen molar-refractivity contribution >= 4 is 69.7 Å². The zero-order chi connectivity index (χ0) is 36.1. The number of halogens is 2. The maximum atomic E-state index is 13.2. The molecule has 2 aromatic heterocycles. The molecule has 0 unspecified atom stereocenters. The fraction of sp³-hybridized carbons (Fsp3) is 0.400. The van der Waals surface area contributed by atoms with Crippen molar-refractivity contribution in [3.63, 3.8) is 0 Å². The molecule has 0 aliphatic carbocycles. The van der Waals surface area contributed by atoms with E-state index in [1.165, 1.54) is 23.0 Å². The van der Waals surface area contributed by atoms with Gasteiger partial charge in [0.2, 0.25) is 0 Å². The molecule has 0 saturated carbocycles. The van der Waals surface area contributed by atoms with Gasteiger partial charge in [-0.15, -0.1) is 0 Å². The number of ether oxygens (including phenoxy) is 2. The van der Waals surface area contributed by atoms with Crippen LogP contribution in [0, 0.1) is 0 Å². The summed E-state index contributed by atoms with van der Waals surface area (Å²) in [6.07, 6.45) is 4.42. The highest BCUT2D eigenvalue weighted by atomic mass is 35.5. The minimum atomic E-state index is -0.636. The summed E-state index contributed by atoms with van der Waals surface area (Å²) in [7, 11) is 1.64. The number of aromatic nitrogens is 3. The summed E-state index contributed by atoms with van der Waals surface area (Å²) >= 11 is 13.8. The average Bonchev–Trinajstić information content (AvgIpc) is 3.42. The zero-order valence-corrected chi connectivity index (χ0v) is 31.3. The van der Waals surface area contributed by atoms with Gasteiger partial charge in [0, 0.05) is 58.9 Å². The van der Waals surface area contributed by atoms with Gasteiger partial charge in [0.05, 0.1) is 17.9 Å². The number of carbonyl (C=O) groups excluding carboxylic acids is 3. The Labute approximate surface area is 301 Å². The molecule has 0 atom stereocenters. The van der Waals surface area contributed by atoms with Crippen LogP contribution in [0.2, 0.25) is 10.0 Å². The molecule has 0 saturated heterocycles. The highest BCUT2D eigenvalue weighted by Crippen LogP contribution is 2.34. The molecular formula is C35H42Cl2N6O5S. The van der Waals surface area contributed by atoms with Gasteiger partial charge in [-0.3, -0.25) is 14.2 Å². The monoisotopic (exact) mass is 728 g/mol. The van der Waals surface area contributed by atoms with Crippen molar-refractivity contribution < 1.29 is 23.9 Å². The van der Waals surface area contributed by atoms with Crippen LogP contribution in [-0.4, -0.2) is 86.7 Å². The third kappa shape index (κ3) is 10.7. The standard InChI is InChI=1S/C35H42Cl2N6O5S/c1-9-41(15-14-40(8)33(46)48-35(5,6)7)32(45)28-20-39-30(21-38-28)42-13-12-23-16-26(10-11-29(23)42)43(22-31(44)47-34(2,3)4)49-27-18-24(36)17-25(37)19-27/h10-13,16-21H,9,14-15,22H2,1-8H3. The van der Waals surface area contributed by atoms with Crippen LogP contribution in [-0.2, 0) is 14.3 Å². The third-order valence-corrected chi connectivity index (χ3v) is 8.33. The second kappa shape index (κ2) is 15.7. The summed E-state index contributed by atoms with van der Waals surface area (Å²) in [6, 6.07) is 13.0. The molecule has 2 heterocycles. The largest absolute Gasteiger partial charge is 0.459 e. The summed E-state index contributed by atoms with van der Waals surface area (Å²) in [5.41, 5.74) is 0.569. The van der Waals surface area contributed by atoms with Gasteiger partial charge in [-0.1, -0.05) is 23.2 Å². The van der Waals surface area contributed by atoms with E-state index in [2.05, 4.69) is 9.97 Å². The molecule has 0 fully saturated rings. The van der Waals surface area contributed by atoms with Crippen LogP contribution in [0.1, 0.15) is 59.0 Å². The molecule has 49 heavy (non-hydrogen) atoms. The maximum Gasteiger partial charge on any atom is 0.410 e. The summed E-state index contributed by atoms with van der Waals surface area (Å²) in [5.74, 6) is -0.141. The van der Waals surface area contributed by atoms with Crippen molar-refractivity contribution in [2.75, 3.05) is 37.5 Å². The van der Waals surface area contributed by atoms with Gasteiger partial charge in [-0.05, 0) is 103 Å². The number of hydrogen-bond acceptors (Lipinski definition) is 9. The zero-order valence-electron chi connectivity index (χ0n) is 29.0. The first-order chi connectivity index (χ1) is 22.9. The number of benzene rings is 2. The van der Waals surface area contributed by atoms with E-state index in [-0.39, 0.29) is 24.1 Å². The Morgan fingerprint density at radius 2 is 1.55 bits per heavy atom. The molecule has 4 aromatic rings. The number of nitrogens with zero attached hydrogens (tertiary/aromatic N) is 6. The van der Waals surface area contributed by atoms with Crippen LogP contribution in [0.4, 0.5) is 10.5 Å². The van der Waals surface area contributed by atoms with Crippen molar-refractivity contribution in [3.05, 3.63) is 76.8 Å². The normalized spacial score (nSPS) is 11.7. The molecule has 0 bridgehead atoms. The van der Waals surface area contributed by atoms with Gasteiger partial charge in [-0.25, -0.2) is 14.8 Å². The smallest absolute Gasteiger partial charge is 0.410 e. The number of rotatable bonds is 11. The van der Waals surface area contributed by atoms with Crippen molar-refractivity contribution in [3.8, 4) is 5.82 Å². The van der Waals surface area contributed by atoms with E-state index in [0.717, 1.165) is 21.5 Å². The highest BCUT2D eigenvalue weighted by molar-refractivity contribution is 8.00. The molecular weight excluding hydrogens is 687 g/mol. The lowest BCUT2D eigenvalue weighted by Crippen LogP contribution is -2.41.